The van der Waals surface area contributed by atoms with Crippen LogP contribution < -0.4 is 9.73 Å². The molecule has 0 aliphatic heterocycles. The summed E-state index contributed by atoms with van der Waals surface area (Å²) in [6.07, 6.45) is 0. The molecule has 0 saturated carbocycles. The Labute approximate surface area is 205 Å². The lowest BCUT2D eigenvalue weighted by Gasteiger charge is -2.24. The first-order valence-corrected chi connectivity index (χ1v) is 11.9. The highest BCUT2D eigenvalue weighted by atomic mass is 35.5. The van der Waals surface area contributed by atoms with Crippen LogP contribution in [-0.4, -0.2) is 31.5 Å². The number of benzene rings is 3. The van der Waals surface area contributed by atoms with Crippen LogP contribution in [0.25, 0.3) is 0 Å². The number of carbonyl (C=O) groups excluding carboxylic acids is 1. The molecule has 9 nitrogen and oxygen atoms in total. The highest BCUT2D eigenvalue weighted by Crippen LogP contribution is 2.32. The Balaban J connectivity index is 1.86. The van der Waals surface area contributed by atoms with E-state index in [-0.39, 0.29) is 21.3 Å². The van der Waals surface area contributed by atoms with Crippen molar-refractivity contribution in [3.05, 3.63) is 98.5 Å². The molecule has 3 aromatic rings. The summed E-state index contributed by atoms with van der Waals surface area (Å²) in [5.41, 5.74) is 3.21. The highest BCUT2D eigenvalue weighted by molar-refractivity contribution is 7.92. The van der Waals surface area contributed by atoms with Gasteiger partial charge in [0.15, 0.2) is 0 Å². The molecule has 0 aliphatic rings. The number of carbonyl (C=O) groups is 1. The normalized spacial score (nSPS) is 11.7. The van der Waals surface area contributed by atoms with Crippen molar-refractivity contribution < 1.29 is 18.1 Å². The zero-order valence-electron chi connectivity index (χ0n) is 17.7. The first-order valence-electron chi connectivity index (χ1n) is 9.70. The Morgan fingerprint density at radius 2 is 1.71 bits per heavy atom. The molecule has 0 aliphatic carbocycles. The zero-order valence-corrected chi connectivity index (χ0v) is 20.0. The maximum absolute atomic E-state index is 13.3. The monoisotopic (exact) mass is 520 g/mol. The molecule has 3 aromatic carbocycles. The van der Waals surface area contributed by atoms with Gasteiger partial charge in [-0.1, -0.05) is 41.4 Å². The van der Waals surface area contributed by atoms with Crippen molar-refractivity contribution in [2.45, 2.75) is 11.8 Å². The van der Waals surface area contributed by atoms with Gasteiger partial charge in [-0.3, -0.25) is 19.2 Å². The average Bonchev–Trinajstić information content (AvgIpc) is 2.82. The van der Waals surface area contributed by atoms with Crippen LogP contribution in [0.1, 0.15) is 12.5 Å². The molecule has 1 N–H and O–H groups in total. The number of hydrogen-bond donors (Lipinski definition) is 1. The molecule has 0 radical (unpaired) electrons. The van der Waals surface area contributed by atoms with Gasteiger partial charge in [-0.05, 0) is 55.0 Å². The van der Waals surface area contributed by atoms with E-state index in [1.54, 1.807) is 25.1 Å². The van der Waals surface area contributed by atoms with E-state index in [0.717, 1.165) is 4.31 Å². The van der Waals surface area contributed by atoms with Gasteiger partial charge in [0, 0.05) is 17.2 Å². The van der Waals surface area contributed by atoms with Gasteiger partial charge < -0.3 is 0 Å². The molecule has 34 heavy (non-hydrogen) atoms. The van der Waals surface area contributed by atoms with Gasteiger partial charge in [0.25, 0.3) is 21.6 Å². The zero-order chi connectivity index (χ0) is 24.9. The Kier molecular flexibility index (Phi) is 7.87. The maximum Gasteiger partial charge on any atom is 0.269 e. The minimum atomic E-state index is -4.16. The van der Waals surface area contributed by atoms with E-state index < -0.39 is 27.4 Å². The summed E-state index contributed by atoms with van der Waals surface area (Å²) in [5.74, 6) is -0.730. The summed E-state index contributed by atoms with van der Waals surface area (Å²) in [6, 6.07) is 17.4. The summed E-state index contributed by atoms with van der Waals surface area (Å²) in [6.45, 7) is 0.978. The van der Waals surface area contributed by atoms with Gasteiger partial charge in [-0.2, -0.15) is 5.10 Å². The first-order chi connectivity index (χ1) is 16.1. The number of nitro benzene ring substituents is 1. The van der Waals surface area contributed by atoms with Gasteiger partial charge in [0.1, 0.15) is 6.54 Å². The predicted molar refractivity (Wildman–Crippen MR) is 131 cm³/mol. The number of nitrogens with zero attached hydrogens (tertiary/aromatic N) is 3. The number of halogens is 2. The summed E-state index contributed by atoms with van der Waals surface area (Å²) in [7, 11) is -4.16. The molecule has 12 heteroatoms. The van der Waals surface area contributed by atoms with Crippen molar-refractivity contribution in [3.63, 3.8) is 0 Å². The predicted octanol–water partition coefficient (Wildman–Crippen LogP) is 4.64. The van der Waals surface area contributed by atoms with E-state index in [4.69, 9.17) is 23.2 Å². The molecule has 0 aromatic heterocycles. The molecule has 0 atom stereocenters. The second-order valence-electron chi connectivity index (χ2n) is 6.96. The molecule has 0 spiro atoms. The van der Waals surface area contributed by atoms with Crippen molar-refractivity contribution in [1.82, 2.24) is 5.43 Å². The fraction of sp³-hybridized carbons (Fsp3) is 0.0909. The summed E-state index contributed by atoms with van der Waals surface area (Å²) in [5, 5.41) is 15.1. The van der Waals surface area contributed by atoms with Crippen molar-refractivity contribution >= 4 is 56.2 Å². The number of non-ortho nitro benzene ring substituents is 1. The second-order valence-corrected chi connectivity index (χ2v) is 9.66. The minimum Gasteiger partial charge on any atom is -0.271 e. The van der Waals surface area contributed by atoms with Crippen LogP contribution in [0, 0.1) is 10.1 Å². The highest BCUT2D eigenvalue weighted by Gasteiger charge is 2.28. The largest absolute Gasteiger partial charge is 0.271 e. The number of sulfonamides is 1. The summed E-state index contributed by atoms with van der Waals surface area (Å²) >= 11 is 12.2. The number of nitro groups is 1. The minimum absolute atomic E-state index is 0.0284. The lowest BCUT2D eigenvalue weighted by molar-refractivity contribution is -0.384. The Morgan fingerprint density at radius 1 is 1.06 bits per heavy atom. The quantitative estimate of drug-likeness (QED) is 0.263. The third-order valence-corrected chi connectivity index (χ3v) is 6.95. The fourth-order valence-electron chi connectivity index (χ4n) is 2.90. The average molecular weight is 521 g/mol. The van der Waals surface area contributed by atoms with Crippen molar-refractivity contribution in [1.29, 1.82) is 0 Å². The molecule has 1 amide bonds. The van der Waals surface area contributed by atoms with E-state index in [2.05, 4.69) is 10.5 Å². The molecule has 0 heterocycles. The molecular weight excluding hydrogens is 503 g/mol. The third-order valence-electron chi connectivity index (χ3n) is 4.64. The third kappa shape index (κ3) is 5.90. The summed E-state index contributed by atoms with van der Waals surface area (Å²) in [4.78, 5) is 22.9. The van der Waals surface area contributed by atoms with Crippen LogP contribution in [0.5, 0.6) is 0 Å². The standard InChI is InChI=1S/C22H18Cl2N4O5S/c1-15(16-7-10-18(11-8-16)28(30)31)25-26-22(29)14-27(21-12-9-17(23)13-20(21)24)34(32,33)19-5-3-2-4-6-19/h2-13H,14H2,1H3,(H,26,29)/b25-15-. The number of hydrazone groups is 1. The lowest BCUT2D eigenvalue weighted by Crippen LogP contribution is -2.40. The fourth-order valence-corrected chi connectivity index (χ4v) is 4.93. The van der Waals surface area contributed by atoms with Gasteiger partial charge in [-0.15, -0.1) is 0 Å². The second kappa shape index (κ2) is 10.6. The van der Waals surface area contributed by atoms with Crippen LogP contribution in [0.4, 0.5) is 11.4 Å². The number of anilines is 1. The topological polar surface area (TPSA) is 122 Å². The van der Waals surface area contributed by atoms with Gasteiger partial charge >= 0.3 is 0 Å². The maximum atomic E-state index is 13.3. The Hall–Kier alpha value is -3.47. The first kappa shape index (κ1) is 25.2. The van der Waals surface area contributed by atoms with Crippen LogP contribution in [-0.2, 0) is 14.8 Å². The van der Waals surface area contributed by atoms with Gasteiger partial charge in [-0.25, -0.2) is 13.8 Å². The SMILES string of the molecule is C/C(=N/NC(=O)CN(c1ccc(Cl)cc1Cl)S(=O)(=O)c1ccccc1)c1ccc([N+](=O)[O-])cc1. The van der Waals surface area contributed by atoms with Crippen LogP contribution in [0.3, 0.4) is 0 Å². The van der Waals surface area contributed by atoms with Crippen molar-refractivity contribution in [2.75, 3.05) is 10.8 Å². The number of hydrogen-bond acceptors (Lipinski definition) is 6. The van der Waals surface area contributed by atoms with Crippen LogP contribution in [0.2, 0.25) is 10.0 Å². The molecule has 0 unspecified atom stereocenters. The number of amides is 1. The van der Waals surface area contributed by atoms with E-state index in [1.165, 1.54) is 54.6 Å². The van der Waals surface area contributed by atoms with Gasteiger partial charge in [0.05, 0.1) is 26.2 Å². The molecule has 0 bridgehead atoms. The lowest BCUT2D eigenvalue weighted by atomic mass is 10.1. The number of rotatable bonds is 8. The van der Waals surface area contributed by atoms with Crippen molar-refractivity contribution in [2.24, 2.45) is 5.10 Å². The van der Waals surface area contributed by atoms with Crippen LogP contribution in [0.15, 0.2) is 82.8 Å². The Morgan fingerprint density at radius 3 is 2.29 bits per heavy atom. The van der Waals surface area contributed by atoms with Gasteiger partial charge in [0.2, 0.25) is 0 Å². The molecular formula is C22H18Cl2N4O5S. The van der Waals surface area contributed by atoms with E-state index in [9.17, 15) is 23.3 Å². The van der Waals surface area contributed by atoms with Crippen LogP contribution >= 0.6 is 23.2 Å². The summed E-state index contributed by atoms with van der Waals surface area (Å²) < 4.78 is 27.5. The molecule has 3 rings (SSSR count). The molecule has 0 fully saturated rings. The number of nitrogens with one attached hydrogen (secondary N) is 1. The van der Waals surface area contributed by atoms with E-state index in [0.29, 0.717) is 16.3 Å². The molecule has 0 saturated heterocycles. The Bertz CT molecular complexity index is 1350. The smallest absolute Gasteiger partial charge is 0.269 e. The van der Waals surface area contributed by atoms with Crippen molar-refractivity contribution in [3.8, 4) is 0 Å². The molecule has 176 valence electrons. The van der Waals surface area contributed by atoms with E-state index >= 15 is 0 Å². The van der Waals surface area contributed by atoms with E-state index in [1.807, 2.05) is 0 Å².